The van der Waals surface area contributed by atoms with Gasteiger partial charge in [-0.05, 0) is 24.3 Å². The van der Waals surface area contributed by atoms with Crippen LogP contribution in [0, 0.1) is 5.82 Å². The lowest BCUT2D eigenvalue weighted by Gasteiger charge is -2.05. The molecule has 0 amide bonds. The number of rotatable bonds is 4. The fourth-order valence-corrected chi connectivity index (χ4v) is 3.27. The van der Waals surface area contributed by atoms with E-state index in [-0.39, 0.29) is 17.2 Å². The Hall–Kier alpha value is -3.06. The Morgan fingerprint density at radius 1 is 1.04 bits per heavy atom. The van der Waals surface area contributed by atoms with Crippen LogP contribution in [0.2, 0.25) is 0 Å². The molecule has 2 aromatic carbocycles. The molecule has 0 saturated heterocycles. The third-order valence-corrected chi connectivity index (χ3v) is 4.45. The van der Waals surface area contributed by atoms with Crippen LogP contribution in [0.1, 0.15) is 5.89 Å². The van der Waals surface area contributed by atoms with E-state index in [1.807, 2.05) is 30.3 Å². The van der Waals surface area contributed by atoms with Gasteiger partial charge < -0.3 is 4.42 Å². The summed E-state index contributed by atoms with van der Waals surface area (Å²) >= 11 is 1.05. The van der Waals surface area contributed by atoms with Crippen molar-refractivity contribution >= 4 is 11.3 Å². The molecule has 4 aromatic rings. The second-order valence-corrected chi connectivity index (χ2v) is 6.17. The average molecular weight is 353 g/mol. The highest BCUT2D eigenvalue weighted by Crippen LogP contribution is 2.23. The van der Waals surface area contributed by atoms with E-state index >= 15 is 0 Å². The van der Waals surface area contributed by atoms with Crippen molar-refractivity contribution in [2.75, 3.05) is 0 Å². The number of thiazole rings is 1. The summed E-state index contributed by atoms with van der Waals surface area (Å²) in [6.45, 7) is 0.133. The number of hydrogen-bond donors (Lipinski definition) is 0. The Morgan fingerprint density at radius 2 is 1.84 bits per heavy atom. The average Bonchev–Trinajstić information content (AvgIpc) is 3.24. The van der Waals surface area contributed by atoms with Gasteiger partial charge in [-0.1, -0.05) is 41.7 Å². The van der Waals surface area contributed by atoms with E-state index in [2.05, 4.69) is 10.2 Å². The molecule has 0 saturated carbocycles. The Morgan fingerprint density at radius 3 is 2.64 bits per heavy atom. The molecule has 4 rings (SSSR count). The summed E-state index contributed by atoms with van der Waals surface area (Å²) < 4.78 is 20.6. The molecule has 124 valence electrons. The zero-order valence-corrected chi connectivity index (χ0v) is 13.7. The molecule has 2 aromatic heterocycles. The normalized spacial score (nSPS) is 10.9. The lowest BCUT2D eigenvalue weighted by Crippen LogP contribution is -2.15. The van der Waals surface area contributed by atoms with Gasteiger partial charge in [0, 0.05) is 16.5 Å². The number of aromatic nitrogens is 3. The van der Waals surface area contributed by atoms with Crippen molar-refractivity contribution in [2.45, 2.75) is 6.54 Å². The van der Waals surface area contributed by atoms with Crippen LogP contribution in [-0.4, -0.2) is 14.8 Å². The van der Waals surface area contributed by atoms with Gasteiger partial charge in [0.1, 0.15) is 12.4 Å². The molecule has 0 aliphatic heterocycles. The van der Waals surface area contributed by atoms with E-state index in [1.54, 1.807) is 17.5 Å². The first-order valence-corrected chi connectivity index (χ1v) is 8.41. The molecule has 0 atom stereocenters. The fraction of sp³-hybridized carbons (Fsp3) is 0.0556. The molecule has 5 nitrogen and oxygen atoms in total. The highest BCUT2D eigenvalue weighted by Gasteiger charge is 2.14. The molecule has 0 bridgehead atoms. The molecular weight excluding hydrogens is 341 g/mol. The van der Waals surface area contributed by atoms with Crippen LogP contribution in [0.3, 0.4) is 0 Å². The van der Waals surface area contributed by atoms with E-state index < -0.39 is 0 Å². The number of hydrogen-bond acceptors (Lipinski definition) is 5. The molecule has 0 N–H and O–H groups in total. The van der Waals surface area contributed by atoms with Crippen LogP contribution in [0.5, 0.6) is 0 Å². The molecule has 0 aliphatic carbocycles. The molecule has 0 aliphatic rings. The first-order chi connectivity index (χ1) is 12.2. The smallest absolute Gasteiger partial charge is 0.308 e. The SMILES string of the molecule is O=c1scc(-c2cccc(F)c2)n1Cc1nnc(-c2ccccc2)o1. The first kappa shape index (κ1) is 15.5. The minimum atomic E-state index is -0.355. The Labute approximate surface area is 146 Å². The zero-order valence-electron chi connectivity index (χ0n) is 12.9. The van der Waals surface area contributed by atoms with Crippen LogP contribution in [0.4, 0.5) is 4.39 Å². The quantitative estimate of drug-likeness (QED) is 0.560. The van der Waals surface area contributed by atoms with Gasteiger partial charge in [-0.15, -0.1) is 10.2 Å². The van der Waals surface area contributed by atoms with Gasteiger partial charge in [-0.25, -0.2) is 4.39 Å². The molecule has 0 radical (unpaired) electrons. The zero-order chi connectivity index (χ0) is 17.2. The van der Waals surface area contributed by atoms with E-state index in [0.29, 0.717) is 23.0 Å². The third-order valence-electron chi connectivity index (χ3n) is 3.68. The predicted octanol–water partition coefficient (Wildman–Crippen LogP) is 3.81. The number of nitrogens with zero attached hydrogens (tertiary/aromatic N) is 3. The molecule has 0 spiro atoms. The maximum Gasteiger partial charge on any atom is 0.308 e. The maximum absolute atomic E-state index is 13.5. The second-order valence-electron chi connectivity index (χ2n) is 5.35. The number of halogens is 1. The van der Waals surface area contributed by atoms with Crippen LogP contribution in [0.15, 0.2) is 69.2 Å². The van der Waals surface area contributed by atoms with Gasteiger partial charge in [0.15, 0.2) is 0 Å². The summed E-state index contributed by atoms with van der Waals surface area (Å²) in [5.41, 5.74) is 2.05. The van der Waals surface area contributed by atoms with Gasteiger partial charge >= 0.3 is 4.87 Å². The van der Waals surface area contributed by atoms with E-state index in [1.165, 1.54) is 16.7 Å². The third kappa shape index (κ3) is 3.14. The summed E-state index contributed by atoms with van der Waals surface area (Å²) in [5.74, 6) is 0.357. The van der Waals surface area contributed by atoms with Crippen LogP contribution in [0.25, 0.3) is 22.7 Å². The van der Waals surface area contributed by atoms with Crippen LogP contribution in [-0.2, 0) is 6.54 Å². The summed E-state index contributed by atoms with van der Waals surface area (Å²) in [6, 6.07) is 15.5. The summed E-state index contributed by atoms with van der Waals surface area (Å²) in [4.78, 5) is 12.0. The highest BCUT2D eigenvalue weighted by molar-refractivity contribution is 7.07. The van der Waals surface area contributed by atoms with Crippen molar-refractivity contribution in [1.82, 2.24) is 14.8 Å². The van der Waals surface area contributed by atoms with Gasteiger partial charge in [0.05, 0.1) is 5.69 Å². The van der Waals surface area contributed by atoms with Crippen molar-refractivity contribution in [3.63, 3.8) is 0 Å². The molecule has 0 unspecified atom stereocenters. The predicted molar refractivity (Wildman–Crippen MR) is 92.8 cm³/mol. The Balaban J connectivity index is 1.67. The van der Waals surface area contributed by atoms with Crippen molar-refractivity contribution in [1.29, 1.82) is 0 Å². The summed E-state index contributed by atoms with van der Waals surface area (Å²) in [6.07, 6.45) is 0. The largest absolute Gasteiger partial charge is 0.419 e. The minimum absolute atomic E-state index is 0.133. The van der Waals surface area contributed by atoms with Gasteiger partial charge in [0.25, 0.3) is 0 Å². The van der Waals surface area contributed by atoms with Crippen LogP contribution >= 0.6 is 11.3 Å². The summed E-state index contributed by atoms with van der Waals surface area (Å²) in [7, 11) is 0. The van der Waals surface area contributed by atoms with Crippen LogP contribution < -0.4 is 4.87 Å². The maximum atomic E-state index is 13.5. The van der Waals surface area contributed by atoms with Crippen molar-refractivity contribution in [3.05, 3.63) is 81.4 Å². The Kier molecular flexibility index (Phi) is 3.99. The van der Waals surface area contributed by atoms with Crippen molar-refractivity contribution in [3.8, 4) is 22.7 Å². The second kappa shape index (κ2) is 6.45. The first-order valence-electron chi connectivity index (χ1n) is 7.53. The van der Waals surface area contributed by atoms with Gasteiger partial charge in [-0.3, -0.25) is 9.36 Å². The van der Waals surface area contributed by atoms with E-state index in [9.17, 15) is 9.18 Å². The standard InChI is InChI=1S/C18H12FN3O2S/c19-14-8-4-7-13(9-14)15-11-25-18(23)22(15)10-16-20-21-17(24-16)12-5-2-1-3-6-12/h1-9,11H,10H2. The molecule has 0 fully saturated rings. The monoisotopic (exact) mass is 353 g/mol. The molecule has 2 heterocycles. The fourth-order valence-electron chi connectivity index (χ4n) is 2.50. The lowest BCUT2D eigenvalue weighted by molar-refractivity contribution is 0.488. The lowest BCUT2D eigenvalue weighted by atomic mass is 10.1. The minimum Gasteiger partial charge on any atom is -0.419 e. The van der Waals surface area contributed by atoms with Gasteiger partial charge in [-0.2, -0.15) is 0 Å². The van der Waals surface area contributed by atoms with Crippen molar-refractivity contribution in [2.24, 2.45) is 0 Å². The summed E-state index contributed by atoms with van der Waals surface area (Å²) in [5, 5.41) is 9.74. The van der Waals surface area contributed by atoms with E-state index in [0.717, 1.165) is 16.9 Å². The Bertz CT molecular complexity index is 1070. The topological polar surface area (TPSA) is 60.9 Å². The van der Waals surface area contributed by atoms with E-state index in [4.69, 9.17) is 4.42 Å². The highest BCUT2D eigenvalue weighted by atomic mass is 32.1. The molecular formula is C18H12FN3O2S. The van der Waals surface area contributed by atoms with Gasteiger partial charge in [0.2, 0.25) is 11.8 Å². The molecule has 25 heavy (non-hydrogen) atoms. The number of benzene rings is 2. The molecule has 7 heteroatoms. The van der Waals surface area contributed by atoms with Crippen molar-refractivity contribution < 1.29 is 8.81 Å².